The fourth-order valence-electron chi connectivity index (χ4n) is 2.82. The van der Waals surface area contributed by atoms with Gasteiger partial charge < -0.3 is 5.32 Å². The van der Waals surface area contributed by atoms with E-state index in [1.807, 2.05) is 30.3 Å². The van der Waals surface area contributed by atoms with E-state index in [0.717, 1.165) is 15.2 Å². The summed E-state index contributed by atoms with van der Waals surface area (Å²) in [5.74, 6) is -0.635. The van der Waals surface area contributed by atoms with Crippen molar-refractivity contribution in [2.75, 3.05) is 4.90 Å². The van der Waals surface area contributed by atoms with Crippen LogP contribution in [0.25, 0.3) is 10.2 Å². The Bertz CT molecular complexity index is 997. The summed E-state index contributed by atoms with van der Waals surface area (Å²) in [6.07, 6.45) is 0.448. The molecule has 26 heavy (non-hydrogen) atoms. The Hall–Kier alpha value is -3.06. The zero-order valence-corrected chi connectivity index (χ0v) is 14.6. The van der Waals surface area contributed by atoms with Gasteiger partial charge in [-0.3, -0.25) is 14.4 Å². The van der Waals surface area contributed by atoms with Crippen molar-refractivity contribution >= 4 is 44.4 Å². The first-order valence-electron chi connectivity index (χ1n) is 8.20. The standard InChI is InChI=1S/C19H15N3O3S/c23-16-8-9-17(24)22(16)19-21-14-7-6-13(10-15(14)26-19)18(25)20-11-12-4-2-1-3-5-12/h1-7,10H,8-9,11H2,(H,20,25). The van der Waals surface area contributed by atoms with E-state index >= 15 is 0 Å². The molecule has 1 aromatic heterocycles. The maximum absolute atomic E-state index is 12.4. The molecule has 2 aromatic carbocycles. The number of nitrogens with zero attached hydrogens (tertiary/aromatic N) is 2. The van der Waals surface area contributed by atoms with Crippen LogP contribution < -0.4 is 10.2 Å². The molecule has 130 valence electrons. The van der Waals surface area contributed by atoms with Crippen molar-refractivity contribution in [3.05, 3.63) is 59.7 Å². The number of imide groups is 1. The number of benzene rings is 2. The van der Waals surface area contributed by atoms with Crippen LogP contribution in [0, 0.1) is 0 Å². The Morgan fingerprint density at radius 3 is 2.54 bits per heavy atom. The van der Waals surface area contributed by atoms with Crippen molar-refractivity contribution in [3.63, 3.8) is 0 Å². The van der Waals surface area contributed by atoms with Crippen molar-refractivity contribution in [3.8, 4) is 0 Å². The van der Waals surface area contributed by atoms with Gasteiger partial charge in [-0.05, 0) is 23.8 Å². The van der Waals surface area contributed by atoms with Gasteiger partial charge in [-0.1, -0.05) is 41.7 Å². The predicted octanol–water partition coefficient (Wildman–Crippen LogP) is 2.88. The Kier molecular flexibility index (Phi) is 4.22. The van der Waals surface area contributed by atoms with E-state index in [4.69, 9.17) is 0 Å². The van der Waals surface area contributed by atoms with E-state index < -0.39 is 0 Å². The van der Waals surface area contributed by atoms with Gasteiger partial charge in [0.1, 0.15) is 0 Å². The average Bonchev–Trinajstić information content (AvgIpc) is 3.22. The first-order valence-corrected chi connectivity index (χ1v) is 9.02. The number of hydrogen-bond donors (Lipinski definition) is 1. The minimum absolute atomic E-state index is 0.181. The van der Waals surface area contributed by atoms with E-state index in [0.29, 0.717) is 22.8 Å². The van der Waals surface area contributed by atoms with E-state index in [2.05, 4.69) is 10.3 Å². The molecule has 0 bridgehead atoms. The number of anilines is 1. The van der Waals surface area contributed by atoms with Crippen LogP contribution in [0.2, 0.25) is 0 Å². The molecule has 1 aliphatic rings. The zero-order chi connectivity index (χ0) is 18.1. The van der Waals surface area contributed by atoms with E-state index in [9.17, 15) is 14.4 Å². The quantitative estimate of drug-likeness (QED) is 0.721. The zero-order valence-electron chi connectivity index (χ0n) is 13.8. The second-order valence-electron chi connectivity index (χ2n) is 5.97. The lowest BCUT2D eigenvalue weighted by molar-refractivity contribution is -0.121. The van der Waals surface area contributed by atoms with E-state index in [1.54, 1.807) is 18.2 Å². The molecule has 1 N–H and O–H groups in total. The molecule has 1 fully saturated rings. The molecule has 0 saturated carbocycles. The van der Waals surface area contributed by atoms with Gasteiger partial charge in [-0.15, -0.1) is 0 Å². The summed E-state index contributed by atoms with van der Waals surface area (Å²) in [6, 6.07) is 14.8. The van der Waals surface area contributed by atoms with Gasteiger partial charge in [0.15, 0.2) is 5.13 Å². The molecule has 4 rings (SSSR count). The Morgan fingerprint density at radius 2 is 1.81 bits per heavy atom. The maximum atomic E-state index is 12.4. The third-order valence-electron chi connectivity index (χ3n) is 4.18. The van der Waals surface area contributed by atoms with Crippen LogP contribution in [0.15, 0.2) is 48.5 Å². The molecule has 6 nitrogen and oxygen atoms in total. The summed E-state index contributed by atoms with van der Waals surface area (Å²) in [5.41, 5.74) is 2.20. The van der Waals surface area contributed by atoms with E-state index in [1.165, 1.54) is 11.3 Å². The normalized spacial score (nSPS) is 14.2. The topological polar surface area (TPSA) is 79.4 Å². The van der Waals surface area contributed by atoms with Crippen molar-refractivity contribution in [2.45, 2.75) is 19.4 Å². The van der Waals surface area contributed by atoms with Crippen LogP contribution in [0.3, 0.4) is 0 Å². The fraction of sp³-hybridized carbons (Fsp3) is 0.158. The van der Waals surface area contributed by atoms with Crippen LogP contribution >= 0.6 is 11.3 Å². The molecular weight excluding hydrogens is 350 g/mol. The number of amides is 3. The summed E-state index contributed by atoms with van der Waals surface area (Å²) in [5, 5.41) is 3.25. The smallest absolute Gasteiger partial charge is 0.251 e. The molecule has 3 aromatic rings. The van der Waals surface area contributed by atoms with Gasteiger partial charge in [0.25, 0.3) is 5.91 Å². The largest absolute Gasteiger partial charge is 0.348 e. The van der Waals surface area contributed by atoms with Crippen molar-refractivity contribution in [1.82, 2.24) is 10.3 Å². The van der Waals surface area contributed by atoms with Crippen LogP contribution in [0.4, 0.5) is 5.13 Å². The lowest BCUT2D eigenvalue weighted by Crippen LogP contribution is -2.28. The number of carbonyl (C=O) groups is 3. The number of carbonyl (C=O) groups excluding carboxylic acids is 3. The summed E-state index contributed by atoms with van der Waals surface area (Å²) in [6.45, 7) is 0.447. The van der Waals surface area contributed by atoms with Crippen LogP contribution in [0.1, 0.15) is 28.8 Å². The lowest BCUT2D eigenvalue weighted by atomic mass is 10.2. The van der Waals surface area contributed by atoms with Gasteiger partial charge >= 0.3 is 0 Å². The number of thiazole rings is 1. The Morgan fingerprint density at radius 1 is 1.08 bits per heavy atom. The molecular formula is C19H15N3O3S. The molecule has 0 radical (unpaired) electrons. The van der Waals surface area contributed by atoms with Crippen molar-refractivity contribution in [2.24, 2.45) is 0 Å². The highest BCUT2D eigenvalue weighted by atomic mass is 32.1. The molecule has 0 spiro atoms. The monoisotopic (exact) mass is 365 g/mol. The van der Waals surface area contributed by atoms with Crippen LogP contribution in [-0.2, 0) is 16.1 Å². The number of hydrogen-bond acceptors (Lipinski definition) is 5. The highest BCUT2D eigenvalue weighted by Crippen LogP contribution is 2.32. The van der Waals surface area contributed by atoms with Crippen molar-refractivity contribution < 1.29 is 14.4 Å². The van der Waals surface area contributed by atoms with Gasteiger partial charge in [-0.25, -0.2) is 9.88 Å². The molecule has 0 atom stereocenters. The molecule has 1 saturated heterocycles. The number of nitrogens with one attached hydrogen (secondary N) is 1. The van der Waals surface area contributed by atoms with Gasteiger partial charge in [0, 0.05) is 24.9 Å². The van der Waals surface area contributed by atoms with E-state index in [-0.39, 0.29) is 30.6 Å². The molecule has 7 heteroatoms. The van der Waals surface area contributed by atoms with Gasteiger partial charge in [0.05, 0.1) is 10.2 Å². The Labute approximate surface area is 153 Å². The lowest BCUT2D eigenvalue weighted by Gasteiger charge is -2.07. The highest BCUT2D eigenvalue weighted by molar-refractivity contribution is 7.22. The summed E-state index contributed by atoms with van der Waals surface area (Å²) in [4.78, 5) is 41.6. The van der Waals surface area contributed by atoms with Crippen molar-refractivity contribution in [1.29, 1.82) is 0 Å². The fourth-order valence-corrected chi connectivity index (χ4v) is 3.86. The predicted molar refractivity (Wildman–Crippen MR) is 99.0 cm³/mol. The molecule has 0 unspecified atom stereocenters. The van der Waals surface area contributed by atoms with Gasteiger partial charge in [-0.2, -0.15) is 0 Å². The van der Waals surface area contributed by atoms with Gasteiger partial charge in [0.2, 0.25) is 11.8 Å². The molecule has 1 aliphatic heterocycles. The third kappa shape index (κ3) is 3.09. The second kappa shape index (κ2) is 6.68. The summed E-state index contributed by atoms with van der Waals surface area (Å²) in [7, 11) is 0. The molecule has 2 heterocycles. The second-order valence-corrected chi connectivity index (χ2v) is 6.98. The minimum atomic E-state index is -0.227. The first-order chi connectivity index (χ1) is 12.6. The maximum Gasteiger partial charge on any atom is 0.251 e. The summed E-state index contributed by atoms with van der Waals surface area (Å²) >= 11 is 1.24. The minimum Gasteiger partial charge on any atom is -0.348 e. The Balaban J connectivity index is 1.54. The SMILES string of the molecule is O=C(NCc1ccccc1)c1ccc2nc(N3C(=O)CCC3=O)sc2c1. The average molecular weight is 365 g/mol. The third-order valence-corrected chi connectivity index (χ3v) is 5.18. The number of aromatic nitrogens is 1. The highest BCUT2D eigenvalue weighted by Gasteiger charge is 2.32. The molecule has 0 aliphatic carbocycles. The van der Waals surface area contributed by atoms with Crippen LogP contribution in [0.5, 0.6) is 0 Å². The molecule has 3 amide bonds. The number of fused-ring (bicyclic) bond motifs is 1. The number of rotatable bonds is 4. The van der Waals surface area contributed by atoms with Crippen LogP contribution in [-0.4, -0.2) is 22.7 Å². The summed E-state index contributed by atoms with van der Waals surface area (Å²) < 4.78 is 0.764. The first kappa shape index (κ1) is 16.4.